The van der Waals surface area contributed by atoms with Crippen LogP contribution in [0.25, 0.3) is 0 Å². The van der Waals surface area contributed by atoms with Gasteiger partial charge in [-0.05, 0) is 18.8 Å². The van der Waals surface area contributed by atoms with Gasteiger partial charge < -0.3 is 14.6 Å². The van der Waals surface area contributed by atoms with E-state index in [2.05, 4.69) is 4.74 Å². The summed E-state index contributed by atoms with van der Waals surface area (Å²) in [6.07, 6.45) is -0.833. The highest BCUT2D eigenvalue weighted by atomic mass is 19.3. The molecule has 1 N–H and O–H groups in total. The van der Waals surface area contributed by atoms with Gasteiger partial charge in [-0.25, -0.2) is 9.59 Å². The van der Waals surface area contributed by atoms with Crippen LogP contribution in [-0.4, -0.2) is 53.1 Å². The van der Waals surface area contributed by atoms with E-state index >= 15 is 0 Å². The molecule has 5 atom stereocenters. The Bertz CT molecular complexity index is 564. The highest BCUT2D eigenvalue weighted by Crippen LogP contribution is 2.57. The Hall–Kier alpha value is -1.52. The largest absolute Gasteiger partial charge is 0.477 e. The second-order valence-electron chi connectivity index (χ2n) is 5.93. The van der Waals surface area contributed by atoms with Crippen LogP contribution in [0.5, 0.6) is 0 Å². The van der Waals surface area contributed by atoms with Crippen molar-refractivity contribution in [1.29, 1.82) is 0 Å². The highest BCUT2D eigenvalue weighted by molar-refractivity contribution is 5.84. The Morgan fingerprint density at radius 3 is 2.09 bits per heavy atom. The molecule has 1 heterocycles. The molecule has 0 aromatic heterocycles. The molecule has 23 heavy (non-hydrogen) atoms. The molecule has 0 radical (unpaired) electrons. The van der Waals surface area contributed by atoms with E-state index in [1.807, 2.05) is 0 Å². The van der Waals surface area contributed by atoms with Gasteiger partial charge in [-0.3, -0.25) is 0 Å². The maximum absolute atomic E-state index is 13.5. The van der Waals surface area contributed by atoms with E-state index in [-0.39, 0.29) is 24.5 Å². The van der Waals surface area contributed by atoms with Crippen molar-refractivity contribution in [2.75, 3.05) is 0 Å². The Morgan fingerprint density at radius 1 is 1.00 bits per heavy atom. The summed E-state index contributed by atoms with van der Waals surface area (Å²) in [5.74, 6) is -25.4. The Morgan fingerprint density at radius 2 is 1.61 bits per heavy atom. The Balaban J connectivity index is 1.74. The monoisotopic (exact) mass is 348 g/mol. The first-order valence-corrected chi connectivity index (χ1v) is 6.64. The van der Waals surface area contributed by atoms with Crippen LogP contribution in [0, 0.1) is 11.8 Å². The smallest absolute Gasteiger partial charge is 0.411 e. The zero-order valence-corrected chi connectivity index (χ0v) is 11.1. The molecule has 2 saturated carbocycles. The highest BCUT2D eigenvalue weighted by Gasteiger charge is 2.79. The summed E-state index contributed by atoms with van der Waals surface area (Å²) >= 11 is 0. The van der Waals surface area contributed by atoms with E-state index in [9.17, 15) is 35.9 Å². The number of carboxylic acids is 1. The maximum atomic E-state index is 13.5. The van der Waals surface area contributed by atoms with Crippen LogP contribution >= 0.6 is 0 Å². The van der Waals surface area contributed by atoms with Crippen molar-refractivity contribution in [3.63, 3.8) is 0 Å². The lowest BCUT2D eigenvalue weighted by molar-refractivity contribution is -0.301. The van der Waals surface area contributed by atoms with Gasteiger partial charge in [0, 0.05) is 5.92 Å². The Kier molecular flexibility index (Phi) is 3.21. The van der Waals surface area contributed by atoms with Crippen molar-refractivity contribution in [2.45, 2.75) is 48.9 Å². The van der Waals surface area contributed by atoms with Gasteiger partial charge in [-0.2, -0.15) is 26.3 Å². The van der Waals surface area contributed by atoms with Crippen molar-refractivity contribution < 1.29 is 50.5 Å². The predicted molar refractivity (Wildman–Crippen MR) is 57.2 cm³/mol. The normalized spacial score (nSPS) is 35.8. The summed E-state index contributed by atoms with van der Waals surface area (Å²) < 4.78 is 88.5. The second-order valence-corrected chi connectivity index (χ2v) is 5.93. The van der Waals surface area contributed by atoms with Crippen LogP contribution in [0.3, 0.4) is 0 Å². The number of aliphatic carboxylic acids is 1. The molecule has 3 aliphatic rings. The van der Waals surface area contributed by atoms with Gasteiger partial charge >= 0.3 is 29.7 Å². The number of fused-ring (bicyclic) bond motifs is 5. The lowest BCUT2D eigenvalue weighted by atomic mass is 9.97. The van der Waals surface area contributed by atoms with Gasteiger partial charge in [-0.1, -0.05) is 0 Å². The maximum Gasteiger partial charge on any atom is 0.411 e. The van der Waals surface area contributed by atoms with Gasteiger partial charge in [0.05, 0.1) is 12.2 Å². The molecule has 0 amide bonds. The average molecular weight is 348 g/mol. The third kappa shape index (κ3) is 2.05. The molecule has 1 aliphatic heterocycles. The zero-order valence-electron chi connectivity index (χ0n) is 11.1. The molecular formula is C12H10F6O5. The third-order valence-electron chi connectivity index (χ3n) is 4.61. The molecule has 5 unspecified atom stereocenters. The lowest BCUT2D eigenvalue weighted by Crippen LogP contribution is -2.61. The SMILES string of the molecule is O=C(O)C(F)(F)C(F)(F)C(F)(F)C(=O)OC1CC2CC1C1OC21. The Labute approximate surface area is 124 Å². The van der Waals surface area contributed by atoms with E-state index in [1.54, 1.807) is 0 Å². The topological polar surface area (TPSA) is 76.1 Å². The summed E-state index contributed by atoms with van der Waals surface area (Å²) in [7, 11) is 0. The zero-order chi connectivity index (χ0) is 17.4. The number of carbonyl (C=O) groups is 2. The molecule has 0 aromatic rings. The van der Waals surface area contributed by atoms with Crippen molar-refractivity contribution in [3.8, 4) is 0 Å². The molecule has 11 heteroatoms. The summed E-state index contributed by atoms with van der Waals surface area (Å²) in [6.45, 7) is 0. The molecule has 3 rings (SSSR count). The fraction of sp³-hybridized carbons (Fsp3) is 0.833. The fourth-order valence-corrected chi connectivity index (χ4v) is 3.35. The van der Waals surface area contributed by atoms with Crippen molar-refractivity contribution in [1.82, 2.24) is 0 Å². The molecule has 0 aromatic carbocycles. The van der Waals surface area contributed by atoms with Crippen molar-refractivity contribution in [2.24, 2.45) is 11.8 Å². The second kappa shape index (κ2) is 4.52. The van der Waals surface area contributed by atoms with E-state index in [4.69, 9.17) is 9.84 Å². The quantitative estimate of drug-likeness (QED) is 0.465. The molecule has 5 nitrogen and oxygen atoms in total. The number of hydrogen-bond acceptors (Lipinski definition) is 4. The minimum Gasteiger partial charge on any atom is -0.477 e. The van der Waals surface area contributed by atoms with E-state index in [1.165, 1.54) is 0 Å². The molecule has 2 bridgehead atoms. The number of rotatable bonds is 5. The first-order valence-electron chi connectivity index (χ1n) is 6.64. The van der Waals surface area contributed by atoms with E-state index in [0.29, 0.717) is 6.42 Å². The van der Waals surface area contributed by atoms with Crippen LogP contribution < -0.4 is 0 Å². The minimum absolute atomic E-state index is 0.0441. The number of carbonyl (C=O) groups excluding carboxylic acids is 1. The van der Waals surface area contributed by atoms with Gasteiger partial charge in [0.2, 0.25) is 0 Å². The summed E-state index contributed by atoms with van der Waals surface area (Å²) in [5.41, 5.74) is 0. The number of ether oxygens (including phenoxy) is 2. The third-order valence-corrected chi connectivity index (χ3v) is 4.61. The number of epoxide rings is 1. The van der Waals surface area contributed by atoms with Gasteiger partial charge in [0.25, 0.3) is 0 Å². The lowest BCUT2D eigenvalue weighted by Gasteiger charge is -2.30. The number of carboxylic acid groups (broad SMARTS) is 1. The molecular weight excluding hydrogens is 338 g/mol. The molecule has 0 spiro atoms. The van der Waals surface area contributed by atoms with Crippen LogP contribution in [0.2, 0.25) is 0 Å². The van der Waals surface area contributed by atoms with Crippen molar-refractivity contribution in [3.05, 3.63) is 0 Å². The van der Waals surface area contributed by atoms with Crippen LogP contribution in [0.1, 0.15) is 12.8 Å². The van der Waals surface area contributed by atoms with Crippen LogP contribution in [0.15, 0.2) is 0 Å². The molecule has 130 valence electrons. The minimum atomic E-state index is -6.43. The molecule has 2 aliphatic carbocycles. The summed E-state index contributed by atoms with van der Waals surface area (Å²) in [4.78, 5) is 21.4. The van der Waals surface area contributed by atoms with E-state index < -0.39 is 41.7 Å². The average Bonchev–Trinajstić information content (AvgIpc) is 3.05. The number of alkyl halides is 6. The number of hydrogen-bond donors (Lipinski definition) is 1. The van der Waals surface area contributed by atoms with E-state index in [0.717, 1.165) is 0 Å². The van der Waals surface area contributed by atoms with Crippen LogP contribution in [-0.2, 0) is 19.1 Å². The van der Waals surface area contributed by atoms with Gasteiger partial charge in [-0.15, -0.1) is 0 Å². The standard InChI is InChI=1S/C12H10F6O5/c13-10(14,8(19)20)12(17,18)11(15,16)9(21)22-5-2-3-1-4(5)7-6(3)23-7/h3-7H,1-2H2,(H,19,20). The van der Waals surface area contributed by atoms with Crippen molar-refractivity contribution >= 4 is 11.9 Å². The first-order chi connectivity index (χ1) is 10.4. The number of esters is 1. The molecule has 1 saturated heterocycles. The van der Waals surface area contributed by atoms with Gasteiger partial charge in [0.1, 0.15) is 6.10 Å². The first kappa shape index (κ1) is 16.3. The molecule has 3 fully saturated rings. The predicted octanol–water partition coefficient (Wildman–Crippen LogP) is 1.70. The van der Waals surface area contributed by atoms with Crippen LogP contribution in [0.4, 0.5) is 26.3 Å². The number of halogens is 6. The summed E-state index contributed by atoms with van der Waals surface area (Å²) in [6, 6.07) is 0. The fourth-order valence-electron chi connectivity index (χ4n) is 3.35. The van der Waals surface area contributed by atoms with Gasteiger partial charge in [0.15, 0.2) is 0 Å². The summed E-state index contributed by atoms with van der Waals surface area (Å²) in [5, 5.41) is 8.00.